The van der Waals surface area contributed by atoms with Gasteiger partial charge in [0.1, 0.15) is 18.1 Å². The second-order valence-electron chi connectivity index (χ2n) is 5.70. The van der Waals surface area contributed by atoms with Crippen LogP contribution >= 0.6 is 11.6 Å². The van der Waals surface area contributed by atoms with Crippen LogP contribution in [0.2, 0.25) is 5.02 Å². The molecular formula is C17H19ClN2O5. The molecule has 0 saturated carbocycles. The molecule has 1 fully saturated rings. The topological polar surface area (TPSA) is 74.0 Å². The largest absolute Gasteiger partial charge is 0.497 e. The van der Waals surface area contributed by atoms with Gasteiger partial charge in [0.05, 0.1) is 24.8 Å². The zero-order valence-electron chi connectivity index (χ0n) is 14.0. The van der Waals surface area contributed by atoms with Crippen LogP contribution in [0, 0.1) is 0 Å². The summed E-state index contributed by atoms with van der Waals surface area (Å²) in [6.07, 6.45) is 0.825. The molecule has 1 aromatic carbocycles. The molecule has 1 aromatic heterocycles. The number of rotatable bonds is 6. The minimum atomic E-state index is -0.201. The van der Waals surface area contributed by atoms with Gasteiger partial charge in [-0.1, -0.05) is 16.8 Å². The van der Waals surface area contributed by atoms with Crippen molar-refractivity contribution in [2.24, 2.45) is 0 Å². The van der Waals surface area contributed by atoms with Gasteiger partial charge in [-0.3, -0.25) is 4.79 Å². The molecule has 1 saturated heterocycles. The number of benzene rings is 1. The molecule has 7 nitrogen and oxygen atoms in total. The molecule has 134 valence electrons. The van der Waals surface area contributed by atoms with Crippen LogP contribution in [0.3, 0.4) is 0 Å². The number of halogens is 1. The number of carbonyl (C=O) groups excluding carboxylic acids is 1. The predicted molar refractivity (Wildman–Crippen MR) is 90.2 cm³/mol. The fourth-order valence-corrected chi connectivity index (χ4v) is 2.76. The summed E-state index contributed by atoms with van der Waals surface area (Å²) in [4.78, 5) is 14.1. The Morgan fingerprint density at radius 2 is 2.28 bits per heavy atom. The summed E-state index contributed by atoms with van der Waals surface area (Å²) in [6.45, 7) is 1.33. The number of nitrogens with zero attached hydrogens (tertiary/aromatic N) is 2. The Balaban J connectivity index is 1.60. The summed E-state index contributed by atoms with van der Waals surface area (Å²) in [5.74, 6) is 1.37. The molecule has 1 aliphatic rings. The summed E-state index contributed by atoms with van der Waals surface area (Å²) in [6, 6.07) is 6.76. The Kier molecular flexibility index (Phi) is 5.45. The number of hydrogen-bond donors (Lipinski definition) is 0. The summed E-state index contributed by atoms with van der Waals surface area (Å²) < 4.78 is 21.2. The number of ether oxygens (including phenoxy) is 3. The Labute approximate surface area is 150 Å². The summed E-state index contributed by atoms with van der Waals surface area (Å²) in [7, 11) is 3.30. The average Bonchev–Trinajstić information content (AvgIpc) is 3.31. The lowest BCUT2D eigenvalue weighted by atomic mass is 10.2. The van der Waals surface area contributed by atoms with Crippen molar-refractivity contribution in [2.45, 2.75) is 19.1 Å². The molecule has 1 aliphatic heterocycles. The van der Waals surface area contributed by atoms with Crippen LogP contribution in [-0.4, -0.2) is 49.4 Å². The van der Waals surface area contributed by atoms with Crippen LogP contribution in [0.5, 0.6) is 11.5 Å². The first kappa shape index (κ1) is 17.6. The van der Waals surface area contributed by atoms with E-state index in [4.69, 9.17) is 30.3 Å². The molecule has 0 N–H and O–H groups in total. The highest BCUT2D eigenvalue weighted by Gasteiger charge is 2.26. The van der Waals surface area contributed by atoms with Crippen LogP contribution in [-0.2, 0) is 11.3 Å². The lowest BCUT2D eigenvalue weighted by Crippen LogP contribution is -2.37. The third-order valence-corrected chi connectivity index (χ3v) is 4.36. The molecule has 0 unspecified atom stereocenters. The van der Waals surface area contributed by atoms with E-state index in [1.54, 1.807) is 43.3 Å². The molecule has 2 heterocycles. The minimum Gasteiger partial charge on any atom is -0.497 e. The lowest BCUT2D eigenvalue weighted by molar-refractivity contribution is 0.0700. The smallest absolute Gasteiger partial charge is 0.276 e. The zero-order chi connectivity index (χ0) is 17.8. The molecule has 2 aromatic rings. The molecule has 1 amide bonds. The molecule has 0 spiro atoms. The standard InChI is InChI=1S/C17H19ClN2O5/c1-20(11-5-6-23-9-11)17(21)15-8-13(25-19-15)10-24-16-4-3-12(22-2)7-14(16)18/h3-4,7-8,11H,5-6,9-10H2,1-2H3/t11-/m0/s1. The van der Waals surface area contributed by atoms with Crippen LogP contribution in [0.15, 0.2) is 28.8 Å². The van der Waals surface area contributed by atoms with E-state index in [1.807, 2.05) is 0 Å². The van der Waals surface area contributed by atoms with Gasteiger partial charge < -0.3 is 23.6 Å². The first-order chi connectivity index (χ1) is 12.1. The van der Waals surface area contributed by atoms with E-state index < -0.39 is 0 Å². The molecule has 0 aliphatic carbocycles. The predicted octanol–water partition coefficient (Wildman–Crippen LogP) is 2.78. The molecule has 0 bridgehead atoms. The molecule has 3 rings (SSSR count). The number of methoxy groups -OCH3 is 1. The first-order valence-corrected chi connectivity index (χ1v) is 8.23. The van der Waals surface area contributed by atoms with Gasteiger partial charge in [0.15, 0.2) is 11.5 Å². The van der Waals surface area contributed by atoms with E-state index >= 15 is 0 Å². The van der Waals surface area contributed by atoms with Crippen molar-refractivity contribution in [1.29, 1.82) is 0 Å². The number of hydrogen-bond acceptors (Lipinski definition) is 6. The highest BCUT2D eigenvalue weighted by atomic mass is 35.5. The van der Waals surface area contributed by atoms with E-state index in [0.29, 0.717) is 35.5 Å². The van der Waals surface area contributed by atoms with Crippen molar-refractivity contribution in [3.05, 3.63) is 40.7 Å². The highest BCUT2D eigenvalue weighted by Crippen LogP contribution is 2.29. The second-order valence-corrected chi connectivity index (χ2v) is 6.10. The van der Waals surface area contributed by atoms with Gasteiger partial charge in [-0.05, 0) is 18.6 Å². The van der Waals surface area contributed by atoms with E-state index in [1.165, 1.54) is 0 Å². The van der Waals surface area contributed by atoms with E-state index in [0.717, 1.165) is 6.42 Å². The van der Waals surface area contributed by atoms with Crippen molar-refractivity contribution in [3.63, 3.8) is 0 Å². The van der Waals surface area contributed by atoms with Crippen LogP contribution in [0.25, 0.3) is 0 Å². The normalized spacial score (nSPS) is 16.7. The van der Waals surface area contributed by atoms with Gasteiger partial charge in [-0.2, -0.15) is 0 Å². The molecule has 1 atom stereocenters. The Hall–Kier alpha value is -2.25. The maximum absolute atomic E-state index is 12.4. The second kappa shape index (κ2) is 7.76. The molecule has 25 heavy (non-hydrogen) atoms. The van der Waals surface area contributed by atoms with Gasteiger partial charge in [0.25, 0.3) is 5.91 Å². The number of likely N-dealkylation sites (N-methyl/N-ethyl adjacent to an activating group) is 1. The van der Waals surface area contributed by atoms with Crippen LogP contribution < -0.4 is 9.47 Å². The summed E-state index contributed by atoms with van der Waals surface area (Å²) in [5.41, 5.74) is 0.244. The van der Waals surface area contributed by atoms with Gasteiger partial charge >= 0.3 is 0 Å². The van der Waals surface area contributed by atoms with Crippen molar-refractivity contribution in [1.82, 2.24) is 10.1 Å². The molecule has 8 heteroatoms. The Morgan fingerprint density at radius 3 is 2.96 bits per heavy atom. The van der Waals surface area contributed by atoms with E-state index in [2.05, 4.69) is 5.16 Å². The third-order valence-electron chi connectivity index (χ3n) is 4.06. The SMILES string of the molecule is COc1ccc(OCc2cc(C(=O)N(C)[C@H]3CCOC3)no2)c(Cl)c1. The van der Waals surface area contributed by atoms with E-state index in [9.17, 15) is 4.79 Å². The lowest BCUT2D eigenvalue weighted by Gasteiger charge is -2.21. The van der Waals surface area contributed by atoms with Crippen molar-refractivity contribution in [2.75, 3.05) is 27.4 Å². The minimum absolute atomic E-state index is 0.0713. The average molecular weight is 367 g/mol. The number of amides is 1. The van der Waals surface area contributed by atoms with Crippen LogP contribution in [0.1, 0.15) is 22.7 Å². The summed E-state index contributed by atoms with van der Waals surface area (Å²) in [5, 5.41) is 4.26. The van der Waals surface area contributed by atoms with Gasteiger partial charge in [0, 0.05) is 25.8 Å². The van der Waals surface area contributed by atoms with Gasteiger partial charge in [0.2, 0.25) is 0 Å². The maximum atomic E-state index is 12.4. The number of carbonyl (C=O) groups is 1. The van der Waals surface area contributed by atoms with Gasteiger partial charge in [-0.25, -0.2) is 0 Å². The first-order valence-electron chi connectivity index (χ1n) is 7.85. The van der Waals surface area contributed by atoms with Crippen molar-refractivity contribution < 1.29 is 23.5 Å². The highest BCUT2D eigenvalue weighted by molar-refractivity contribution is 6.32. The van der Waals surface area contributed by atoms with Crippen molar-refractivity contribution in [3.8, 4) is 11.5 Å². The monoisotopic (exact) mass is 366 g/mol. The van der Waals surface area contributed by atoms with Gasteiger partial charge in [-0.15, -0.1) is 0 Å². The summed E-state index contributed by atoms with van der Waals surface area (Å²) >= 11 is 6.12. The fraction of sp³-hybridized carbons (Fsp3) is 0.412. The molecular weight excluding hydrogens is 348 g/mol. The third kappa shape index (κ3) is 4.05. The fourth-order valence-electron chi connectivity index (χ4n) is 2.53. The molecule has 0 radical (unpaired) electrons. The maximum Gasteiger partial charge on any atom is 0.276 e. The number of aromatic nitrogens is 1. The Morgan fingerprint density at radius 1 is 1.44 bits per heavy atom. The quantitative estimate of drug-likeness (QED) is 0.782. The Bertz CT molecular complexity index is 742. The van der Waals surface area contributed by atoms with Crippen LogP contribution in [0.4, 0.5) is 0 Å². The van der Waals surface area contributed by atoms with E-state index in [-0.39, 0.29) is 24.2 Å². The van der Waals surface area contributed by atoms with Crippen molar-refractivity contribution >= 4 is 17.5 Å². The zero-order valence-corrected chi connectivity index (χ0v) is 14.8.